The summed E-state index contributed by atoms with van der Waals surface area (Å²) in [6.07, 6.45) is 3.92. The molecular formula is C13H28N2O2. The summed E-state index contributed by atoms with van der Waals surface area (Å²) in [5.41, 5.74) is 0. The number of rotatable bonds is 7. The molecule has 2 unspecified atom stereocenters. The first-order chi connectivity index (χ1) is 8.17. The van der Waals surface area contributed by atoms with E-state index in [4.69, 9.17) is 9.47 Å². The molecule has 4 heteroatoms. The van der Waals surface area contributed by atoms with Crippen LogP contribution in [0.25, 0.3) is 0 Å². The van der Waals surface area contributed by atoms with Gasteiger partial charge in [-0.1, -0.05) is 6.42 Å². The van der Waals surface area contributed by atoms with Gasteiger partial charge in [0.2, 0.25) is 0 Å². The van der Waals surface area contributed by atoms with Crippen LogP contribution in [0.4, 0.5) is 0 Å². The number of ether oxygens (including phenoxy) is 2. The number of hydrogen-bond donors (Lipinski definition) is 1. The van der Waals surface area contributed by atoms with E-state index in [1.54, 1.807) is 14.2 Å². The standard InChI is InChI=1S/C13H28N2O2/c1-11(10-15-8-6-5-7-9-15)14-12(2)13(16-3)17-4/h11-14H,5-10H2,1-4H3. The molecule has 1 rings (SSSR count). The Labute approximate surface area is 106 Å². The fourth-order valence-corrected chi connectivity index (χ4v) is 2.61. The highest BCUT2D eigenvalue weighted by atomic mass is 16.7. The van der Waals surface area contributed by atoms with Gasteiger partial charge in [-0.15, -0.1) is 0 Å². The lowest BCUT2D eigenvalue weighted by Gasteiger charge is -2.32. The van der Waals surface area contributed by atoms with Crippen molar-refractivity contribution >= 4 is 0 Å². The zero-order valence-electron chi connectivity index (χ0n) is 11.7. The molecule has 1 aliphatic heterocycles. The van der Waals surface area contributed by atoms with E-state index in [2.05, 4.69) is 24.1 Å². The third-order valence-corrected chi connectivity index (χ3v) is 3.40. The Hall–Kier alpha value is -0.160. The van der Waals surface area contributed by atoms with Crippen LogP contribution >= 0.6 is 0 Å². The molecule has 4 nitrogen and oxygen atoms in total. The predicted molar refractivity (Wildman–Crippen MR) is 70.2 cm³/mol. The van der Waals surface area contributed by atoms with Crippen LogP contribution in [0, 0.1) is 0 Å². The largest absolute Gasteiger partial charge is 0.354 e. The SMILES string of the molecule is COC(OC)C(C)NC(C)CN1CCCCC1. The second kappa shape index (κ2) is 8.03. The highest BCUT2D eigenvalue weighted by molar-refractivity contribution is 4.75. The van der Waals surface area contributed by atoms with E-state index in [-0.39, 0.29) is 12.3 Å². The molecule has 0 aromatic rings. The summed E-state index contributed by atoms with van der Waals surface area (Å²) < 4.78 is 10.5. The molecule has 17 heavy (non-hydrogen) atoms. The van der Waals surface area contributed by atoms with Crippen molar-refractivity contribution in [1.82, 2.24) is 10.2 Å². The summed E-state index contributed by atoms with van der Waals surface area (Å²) in [5, 5.41) is 3.54. The van der Waals surface area contributed by atoms with Crippen molar-refractivity contribution in [3.8, 4) is 0 Å². The quantitative estimate of drug-likeness (QED) is 0.687. The van der Waals surface area contributed by atoms with Crippen LogP contribution in [0.2, 0.25) is 0 Å². The predicted octanol–water partition coefficient (Wildman–Crippen LogP) is 1.46. The number of nitrogens with one attached hydrogen (secondary N) is 1. The molecule has 0 aromatic carbocycles. The van der Waals surface area contributed by atoms with Crippen LogP contribution in [0.15, 0.2) is 0 Å². The second-order valence-corrected chi connectivity index (χ2v) is 5.06. The molecule has 0 aromatic heterocycles. The van der Waals surface area contributed by atoms with Crippen LogP contribution in [-0.4, -0.2) is 57.1 Å². The van der Waals surface area contributed by atoms with Crippen LogP contribution < -0.4 is 5.32 Å². The van der Waals surface area contributed by atoms with Gasteiger partial charge in [-0.05, 0) is 39.8 Å². The average molecular weight is 244 g/mol. The Bertz CT molecular complexity index is 192. The Kier molecular flexibility index (Phi) is 7.04. The third-order valence-electron chi connectivity index (χ3n) is 3.40. The molecule has 0 spiro atoms. The first-order valence-electron chi connectivity index (χ1n) is 6.71. The topological polar surface area (TPSA) is 33.7 Å². The molecule has 0 radical (unpaired) electrons. The summed E-state index contributed by atoms with van der Waals surface area (Å²) in [6, 6.07) is 0.681. The van der Waals surface area contributed by atoms with Gasteiger partial charge in [0.25, 0.3) is 0 Å². The fraction of sp³-hybridized carbons (Fsp3) is 1.00. The van der Waals surface area contributed by atoms with E-state index < -0.39 is 0 Å². The van der Waals surface area contributed by atoms with Gasteiger partial charge in [0.1, 0.15) is 0 Å². The molecule has 1 aliphatic rings. The minimum Gasteiger partial charge on any atom is -0.354 e. The minimum absolute atomic E-state index is 0.168. The Balaban J connectivity index is 2.24. The van der Waals surface area contributed by atoms with Crippen LogP contribution in [-0.2, 0) is 9.47 Å². The first kappa shape index (κ1) is 14.9. The lowest BCUT2D eigenvalue weighted by atomic mass is 10.1. The molecule has 0 bridgehead atoms. The van der Waals surface area contributed by atoms with Crippen molar-refractivity contribution in [1.29, 1.82) is 0 Å². The number of piperidine rings is 1. The maximum atomic E-state index is 5.25. The lowest BCUT2D eigenvalue weighted by Crippen LogP contribution is -2.49. The number of likely N-dealkylation sites (tertiary alicyclic amines) is 1. The molecule has 0 aliphatic carbocycles. The van der Waals surface area contributed by atoms with Gasteiger partial charge in [-0.2, -0.15) is 0 Å². The molecule has 1 fully saturated rings. The van der Waals surface area contributed by atoms with Crippen LogP contribution in [0.3, 0.4) is 0 Å². The molecule has 0 amide bonds. The molecule has 102 valence electrons. The van der Waals surface area contributed by atoms with Crippen molar-refractivity contribution in [2.75, 3.05) is 33.9 Å². The molecule has 0 saturated carbocycles. The van der Waals surface area contributed by atoms with E-state index in [0.717, 1.165) is 6.54 Å². The summed E-state index contributed by atoms with van der Waals surface area (Å²) in [6.45, 7) is 7.94. The monoisotopic (exact) mass is 244 g/mol. The number of hydrogen-bond acceptors (Lipinski definition) is 4. The van der Waals surface area contributed by atoms with Crippen molar-refractivity contribution < 1.29 is 9.47 Å². The second-order valence-electron chi connectivity index (χ2n) is 5.06. The molecule has 1 N–H and O–H groups in total. The number of nitrogens with zero attached hydrogens (tertiary/aromatic N) is 1. The zero-order valence-corrected chi connectivity index (χ0v) is 11.7. The van der Waals surface area contributed by atoms with E-state index in [1.807, 2.05) is 0 Å². The zero-order chi connectivity index (χ0) is 12.7. The minimum atomic E-state index is -0.168. The Morgan fingerprint density at radius 3 is 2.18 bits per heavy atom. The van der Waals surface area contributed by atoms with E-state index in [0.29, 0.717) is 6.04 Å². The van der Waals surface area contributed by atoms with Gasteiger partial charge in [0, 0.05) is 26.8 Å². The Morgan fingerprint density at radius 2 is 1.65 bits per heavy atom. The van der Waals surface area contributed by atoms with E-state index in [1.165, 1.54) is 32.4 Å². The maximum Gasteiger partial charge on any atom is 0.171 e. The Morgan fingerprint density at radius 1 is 1.06 bits per heavy atom. The number of methoxy groups -OCH3 is 2. The smallest absolute Gasteiger partial charge is 0.171 e. The van der Waals surface area contributed by atoms with Gasteiger partial charge in [-0.3, -0.25) is 0 Å². The van der Waals surface area contributed by atoms with Crippen molar-refractivity contribution in [2.45, 2.75) is 51.5 Å². The summed E-state index contributed by atoms with van der Waals surface area (Å²) in [4.78, 5) is 2.54. The van der Waals surface area contributed by atoms with E-state index >= 15 is 0 Å². The van der Waals surface area contributed by atoms with Crippen LogP contribution in [0.1, 0.15) is 33.1 Å². The maximum absolute atomic E-state index is 5.25. The molecule has 1 heterocycles. The fourth-order valence-electron chi connectivity index (χ4n) is 2.61. The van der Waals surface area contributed by atoms with Crippen molar-refractivity contribution in [2.24, 2.45) is 0 Å². The normalized spacial score (nSPS) is 21.7. The van der Waals surface area contributed by atoms with Gasteiger partial charge in [0.05, 0.1) is 6.04 Å². The van der Waals surface area contributed by atoms with Gasteiger partial charge >= 0.3 is 0 Å². The summed E-state index contributed by atoms with van der Waals surface area (Å²) in [5.74, 6) is 0. The highest BCUT2D eigenvalue weighted by Gasteiger charge is 2.19. The third kappa shape index (κ3) is 5.34. The van der Waals surface area contributed by atoms with E-state index in [9.17, 15) is 0 Å². The van der Waals surface area contributed by atoms with Gasteiger partial charge < -0.3 is 19.7 Å². The average Bonchev–Trinajstić information content (AvgIpc) is 2.31. The highest BCUT2D eigenvalue weighted by Crippen LogP contribution is 2.09. The van der Waals surface area contributed by atoms with Gasteiger partial charge in [0.15, 0.2) is 6.29 Å². The van der Waals surface area contributed by atoms with Gasteiger partial charge in [-0.25, -0.2) is 0 Å². The molecule has 2 atom stereocenters. The van der Waals surface area contributed by atoms with Crippen molar-refractivity contribution in [3.63, 3.8) is 0 Å². The first-order valence-corrected chi connectivity index (χ1v) is 6.71. The lowest BCUT2D eigenvalue weighted by molar-refractivity contribution is -0.121. The molecule has 1 saturated heterocycles. The summed E-state index contributed by atoms with van der Waals surface area (Å²) in [7, 11) is 3.36. The van der Waals surface area contributed by atoms with Crippen molar-refractivity contribution in [3.05, 3.63) is 0 Å². The van der Waals surface area contributed by atoms with Crippen LogP contribution in [0.5, 0.6) is 0 Å². The molecular weight excluding hydrogens is 216 g/mol. The summed E-state index contributed by atoms with van der Waals surface area (Å²) >= 11 is 0.